The van der Waals surface area contributed by atoms with Crippen LogP contribution in [-0.2, 0) is 0 Å². The molecular formula is C15H17N5. The SMILES string of the molecule is CCNc1ncc(C)c(N(C)c2cccc(C#N)c2)n1. The molecule has 5 heteroatoms. The molecule has 1 aromatic carbocycles. The minimum atomic E-state index is 0.608. The molecule has 0 aliphatic carbocycles. The second kappa shape index (κ2) is 6.02. The molecule has 0 unspecified atom stereocenters. The van der Waals surface area contributed by atoms with Crippen molar-refractivity contribution in [1.82, 2.24) is 9.97 Å². The van der Waals surface area contributed by atoms with Gasteiger partial charge in [-0.15, -0.1) is 0 Å². The van der Waals surface area contributed by atoms with Crippen LogP contribution in [0.2, 0.25) is 0 Å². The maximum absolute atomic E-state index is 8.98. The highest BCUT2D eigenvalue weighted by Crippen LogP contribution is 2.25. The van der Waals surface area contributed by atoms with Gasteiger partial charge in [0.25, 0.3) is 0 Å². The van der Waals surface area contributed by atoms with Gasteiger partial charge >= 0.3 is 0 Å². The number of nitriles is 1. The van der Waals surface area contributed by atoms with E-state index in [4.69, 9.17) is 5.26 Å². The van der Waals surface area contributed by atoms with Crippen LogP contribution in [0.4, 0.5) is 17.5 Å². The number of nitrogens with zero attached hydrogens (tertiary/aromatic N) is 4. The van der Waals surface area contributed by atoms with Gasteiger partial charge in [-0.05, 0) is 32.0 Å². The Kier molecular flexibility index (Phi) is 4.16. The number of aromatic nitrogens is 2. The van der Waals surface area contributed by atoms with Crippen molar-refractivity contribution >= 4 is 17.5 Å². The third-order valence-corrected chi connectivity index (χ3v) is 2.96. The number of anilines is 3. The van der Waals surface area contributed by atoms with Crippen molar-refractivity contribution in [3.05, 3.63) is 41.6 Å². The van der Waals surface area contributed by atoms with E-state index in [9.17, 15) is 0 Å². The molecule has 0 aliphatic rings. The molecule has 0 fully saturated rings. The van der Waals surface area contributed by atoms with E-state index in [1.807, 2.05) is 44.0 Å². The van der Waals surface area contributed by atoms with E-state index in [1.54, 1.807) is 12.3 Å². The van der Waals surface area contributed by atoms with Crippen molar-refractivity contribution in [3.8, 4) is 6.07 Å². The lowest BCUT2D eigenvalue weighted by atomic mass is 10.2. The van der Waals surface area contributed by atoms with Gasteiger partial charge in [0, 0.05) is 31.0 Å². The van der Waals surface area contributed by atoms with Crippen LogP contribution in [0.5, 0.6) is 0 Å². The smallest absolute Gasteiger partial charge is 0.224 e. The average Bonchev–Trinajstić information content (AvgIpc) is 2.49. The van der Waals surface area contributed by atoms with Gasteiger partial charge in [-0.25, -0.2) is 4.98 Å². The van der Waals surface area contributed by atoms with Gasteiger partial charge in [0.2, 0.25) is 5.95 Å². The fourth-order valence-electron chi connectivity index (χ4n) is 1.92. The zero-order valence-electron chi connectivity index (χ0n) is 11.9. The van der Waals surface area contributed by atoms with Crippen LogP contribution < -0.4 is 10.2 Å². The molecule has 0 saturated carbocycles. The zero-order chi connectivity index (χ0) is 14.5. The summed E-state index contributed by atoms with van der Waals surface area (Å²) < 4.78 is 0. The summed E-state index contributed by atoms with van der Waals surface area (Å²) in [5.74, 6) is 1.43. The molecule has 1 heterocycles. The first-order valence-electron chi connectivity index (χ1n) is 6.47. The lowest BCUT2D eigenvalue weighted by Gasteiger charge is -2.20. The standard InChI is InChI=1S/C15H17N5/c1-4-17-15-18-10-11(2)14(19-15)20(3)13-7-5-6-12(8-13)9-16/h5-8,10H,4H2,1-3H3,(H,17,18,19). The van der Waals surface area contributed by atoms with Crippen LogP contribution in [0.1, 0.15) is 18.1 Å². The van der Waals surface area contributed by atoms with Gasteiger partial charge in [0.1, 0.15) is 5.82 Å². The average molecular weight is 267 g/mol. The quantitative estimate of drug-likeness (QED) is 0.922. The Labute approximate surface area is 118 Å². The maximum atomic E-state index is 8.98. The first kappa shape index (κ1) is 13.8. The van der Waals surface area contributed by atoms with E-state index < -0.39 is 0 Å². The van der Waals surface area contributed by atoms with Crippen LogP contribution in [0.3, 0.4) is 0 Å². The van der Waals surface area contributed by atoms with E-state index in [0.717, 1.165) is 23.6 Å². The highest BCUT2D eigenvalue weighted by molar-refractivity contribution is 5.64. The Morgan fingerprint density at radius 3 is 2.90 bits per heavy atom. The Balaban J connectivity index is 2.39. The molecule has 2 rings (SSSR count). The third-order valence-electron chi connectivity index (χ3n) is 2.96. The summed E-state index contributed by atoms with van der Waals surface area (Å²) in [6, 6.07) is 9.60. The van der Waals surface area contributed by atoms with Crippen LogP contribution >= 0.6 is 0 Å². The largest absolute Gasteiger partial charge is 0.354 e. The van der Waals surface area contributed by atoms with Crippen molar-refractivity contribution in [2.45, 2.75) is 13.8 Å². The maximum Gasteiger partial charge on any atom is 0.224 e. The third kappa shape index (κ3) is 2.86. The van der Waals surface area contributed by atoms with E-state index >= 15 is 0 Å². The summed E-state index contributed by atoms with van der Waals surface area (Å²) in [6.07, 6.45) is 1.80. The molecule has 0 spiro atoms. The van der Waals surface area contributed by atoms with E-state index in [2.05, 4.69) is 21.4 Å². The van der Waals surface area contributed by atoms with Crippen LogP contribution in [0.25, 0.3) is 0 Å². The summed E-state index contributed by atoms with van der Waals surface area (Å²) in [6.45, 7) is 4.74. The highest BCUT2D eigenvalue weighted by atomic mass is 15.2. The molecule has 0 amide bonds. The topological polar surface area (TPSA) is 64.8 Å². The van der Waals surface area contributed by atoms with Crippen molar-refractivity contribution in [3.63, 3.8) is 0 Å². The van der Waals surface area contributed by atoms with E-state index in [0.29, 0.717) is 11.5 Å². The minimum absolute atomic E-state index is 0.608. The molecule has 1 aromatic heterocycles. The summed E-state index contributed by atoms with van der Waals surface area (Å²) in [5, 5.41) is 12.1. The predicted molar refractivity (Wildman–Crippen MR) is 80.2 cm³/mol. The second-order valence-corrected chi connectivity index (χ2v) is 4.45. The number of nitrogens with one attached hydrogen (secondary N) is 1. The van der Waals surface area contributed by atoms with Gasteiger partial charge < -0.3 is 10.2 Å². The van der Waals surface area contributed by atoms with E-state index in [-0.39, 0.29) is 0 Å². The molecule has 2 aromatic rings. The number of hydrogen-bond acceptors (Lipinski definition) is 5. The number of benzene rings is 1. The molecule has 0 bridgehead atoms. The molecule has 20 heavy (non-hydrogen) atoms. The summed E-state index contributed by atoms with van der Waals surface area (Å²) in [5.41, 5.74) is 2.54. The zero-order valence-corrected chi connectivity index (χ0v) is 11.9. The Morgan fingerprint density at radius 1 is 1.40 bits per heavy atom. The van der Waals surface area contributed by atoms with Crippen LogP contribution in [0.15, 0.2) is 30.5 Å². The Morgan fingerprint density at radius 2 is 2.20 bits per heavy atom. The fraction of sp³-hybridized carbons (Fsp3) is 0.267. The predicted octanol–water partition coefficient (Wildman–Crippen LogP) is 2.86. The van der Waals surface area contributed by atoms with Gasteiger partial charge in [-0.1, -0.05) is 6.07 Å². The van der Waals surface area contributed by atoms with Crippen molar-refractivity contribution < 1.29 is 0 Å². The first-order chi connectivity index (χ1) is 9.65. The lowest BCUT2D eigenvalue weighted by molar-refractivity contribution is 1.03. The fourth-order valence-corrected chi connectivity index (χ4v) is 1.92. The van der Waals surface area contributed by atoms with Gasteiger partial charge in [0.05, 0.1) is 11.6 Å². The molecule has 1 N–H and O–H groups in total. The molecular weight excluding hydrogens is 250 g/mol. The summed E-state index contributed by atoms with van der Waals surface area (Å²) in [7, 11) is 1.93. The lowest BCUT2D eigenvalue weighted by Crippen LogP contribution is -2.15. The number of rotatable bonds is 4. The monoisotopic (exact) mass is 267 g/mol. The first-order valence-corrected chi connectivity index (χ1v) is 6.47. The van der Waals surface area contributed by atoms with Gasteiger partial charge in [-0.2, -0.15) is 10.2 Å². The molecule has 5 nitrogen and oxygen atoms in total. The van der Waals surface area contributed by atoms with Gasteiger partial charge in [-0.3, -0.25) is 0 Å². The molecule has 0 saturated heterocycles. The summed E-state index contributed by atoms with van der Waals surface area (Å²) >= 11 is 0. The Hall–Kier alpha value is -2.61. The summed E-state index contributed by atoms with van der Waals surface area (Å²) in [4.78, 5) is 10.7. The molecule has 0 aliphatic heterocycles. The highest BCUT2D eigenvalue weighted by Gasteiger charge is 2.11. The van der Waals surface area contributed by atoms with Gasteiger partial charge in [0.15, 0.2) is 0 Å². The van der Waals surface area contributed by atoms with Crippen molar-refractivity contribution in [2.24, 2.45) is 0 Å². The van der Waals surface area contributed by atoms with Crippen molar-refractivity contribution in [1.29, 1.82) is 5.26 Å². The Bertz CT molecular complexity index is 645. The molecule has 0 atom stereocenters. The van der Waals surface area contributed by atoms with Crippen LogP contribution in [-0.4, -0.2) is 23.6 Å². The second-order valence-electron chi connectivity index (χ2n) is 4.45. The van der Waals surface area contributed by atoms with Crippen molar-refractivity contribution in [2.75, 3.05) is 23.8 Å². The molecule has 102 valence electrons. The molecule has 0 radical (unpaired) electrons. The number of aryl methyl sites for hydroxylation is 1. The van der Waals surface area contributed by atoms with Crippen LogP contribution in [0, 0.1) is 18.3 Å². The minimum Gasteiger partial charge on any atom is -0.354 e. The van der Waals surface area contributed by atoms with E-state index in [1.165, 1.54) is 0 Å². The number of hydrogen-bond donors (Lipinski definition) is 1. The normalized spacial score (nSPS) is 9.90.